The monoisotopic (exact) mass is 466 g/mol. The van der Waals surface area contributed by atoms with Crippen molar-refractivity contribution in [1.29, 1.82) is 0 Å². The molecule has 1 atom stereocenters. The van der Waals surface area contributed by atoms with Crippen LogP contribution >= 0.6 is 0 Å². The molecule has 0 aromatic heterocycles. The second-order valence-electron chi connectivity index (χ2n) is 10.7. The fourth-order valence-corrected chi connectivity index (χ4v) is 4.33. The Hall–Kier alpha value is -3.35. The van der Waals surface area contributed by atoms with Crippen molar-refractivity contribution >= 4 is 18.0 Å². The Morgan fingerprint density at radius 3 is 1.97 bits per heavy atom. The van der Waals surface area contributed by atoms with Crippen LogP contribution < -0.4 is 10.6 Å². The molecule has 3 N–H and O–H groups in total. The highest BCUT2D eigenvalue weighted by molar-refractivity contribution is 5.86. The van der Waals surface area contributed by atoms with Crippen LogP contribution in [0.4, 0.5) is 4.79 Å². The average Bonchev–Trinajstić information content (AvgIpc) is 3.06. The minimum atomic E-state index is -0.927. The maximum absolute atomic E-state index is 12.9. The lowest BCUT2D eigenvalue weighted by Crippen LogP contribution is -2.55. The molecular weight excluding hydrogens is 432 g/mol. The van der Waals surface area contributed by atoms with Gasteiger partial charge in [-0.15, -0.1) is 0 Å². The van der Waals surface area contributed by atoms with E-state index in [2.05, 4.69) is 22.8 Å². The first kappa shape index (κ1) is 25.3. The van der Waals surface area contributed by atoms with Crippen molar-refractivity contribution in [2.75, 3.05) is 13.2 Å². The van der Waals surface area contributed by atoms with Gasteiger partial charge in [0.05, 0.1) is 6.42 Å². The summed E-state index contributed by atoms with van der Waals surface area (Å²) in [6, 6.07) is 15.3. The standard InChI is InChI=1S/C27H34N2O5/c1-26(2,3)23(24(32)28-16-27(4,5)14-22(30)31)29-25(33)34-15-21-19-12-8-6-10-17(19)18-11-7-9-13-20(18)21/h6-13,21,23H,14-16H2,1-5H3,(H,28,32)(H,29,33)(H,30,31). The lowest BCUT2D eigenvalue weighted by atomic mass is 9.85. The Balaban J connectivity index is 1.65. The molecule has 7 nitrogen and oxygen atoms in total. The summed E-state index contributed by atoms with van der Waals surface area (Å²) in [4.78, 5) is 36.7. The van der Waals surface area contributed by atoms with E-state index in [1.165, 1.54) is 0 Å². The van der Waals surface area contributed by atoms with Crippen molar-refractivity contribution in [3.8, 4) is 11.1 Å². The van der Waals surface area contributed by atoms with Crippen molar-refractivity contribution in [2.45, 2.75) is 53.0 Å². The molecule has 0 radical (unpaired) electrons. The Bertz CT molecular complexity index is 1030. The molecule has 0 fully saturated rings. The lowest BCUT2D eigenvalue weighted by molar-refractivity contribution is -0.139. The van der Waals surface area contributed by atoms with Gasteiger partial charge < -0.3 is 20.5 Å². The molecule has 1 unspecified atom stereocenters. The van der Waals surface area contributed by atoms with Gasteiger partial charge in [0.2, 0.25) is 5.91 Å². The zero-order valence-electron chi connectivity index (χ0n) is 20.5. The first-order valence-electron chi connectivity index (χ1n) is 11.5. The number of alkyl carbamates (subject to hydrolysis) is 1. The van der Waals surface area contributed by atoms with Crippen LogP contribution in [-0.4, -0.2) is 42.3 Å². The zero-order valence-corrected chi connectivity index (χ0v) is 20.5. The average molecular weight is 467 g/mol. The summed E-state index contributed by atoms with van der Waals surface area (Å²) in [5.74, 6) is -1.38. The maximum Gasteiger partial charge on any atom is 0.407 e. The third-order valence-electron chi connectivity index (χ3n) is 6.11. The zero-order chi connectivity index (χ0) is 25.1. The third-order valence-corrected chi connectivity index (χ3v) is 6.11. The maximum atomic E-state index is 12.9. The van der Waals surface area contributed by atoms with E-state index in [-0.39, 0.29) is 31.4 Å². The van der Waals surface area contributed by atoms with E-state index >= 15 is 0 Å². The number of rotatable bonds is 8. The highest BCUT2D eigenvalue weighted by atomic mass is 16.5. The van der Waals surface area contributed by atoms with Crippen molar-refractivity contribution in [3.63, 3.8) is 0 Å². The number of nitrogens with one attached hydrogen (secondary N) is 2. The van der Waals surface area contributed by atoms with Crippen LogP contribution in [0.3, 0.4) is 0 Å². The van der Waals surface area contributed by atoms with Gasteiger partial charge in [-0.3, -0.25) is 9.59 Å². The molecule has 0 spiro atoms. The van der Waals surface area contributed by atoms with Gasteiger partial charge in [-0.25, -0.2) is 4.79 Å². The third kappa shape index (κ3) is 5.95. The molecule has 3 rings (SSSR count). The quantitative estimate of drug-likeness (QED) is 0.529. The first-order chi connectivity index (χ1) is 15.9. The van der Waals surface area contributed by atoms with Crippen molar-refractivity contribution in [3.05, 3.63) is 59.7 Å². The molecule has 1 aliphatic rings. The molecular formula is C27H34N2O5. The van der Waals surface area contributed by atoms with E-state index in [4.69, 9.17) is 9.84 Å². The van der Waals surface area contributed by atoms with Crippen molar-refractivity contribution in [2.24, 2.45) is 10.8 Å². The number of carbonyl (C=O) groups is 3. The van der Waals surface area contributed by atoms with E-state index in [9.17, 15) is 14.4 Å². The molecule has 182 valence electrons. The van der Waals surface area contributed by atoms with Crippen LogP contribution in [0.1, 0.15) is 58.1 Å². The van der Waals surface area contributed by atoms with Crippen molar-refractivity contribution in [1.82, 2.24) is 10.6 Å². The largest absolute Gasteiger partial charge is 0.481 e. The van der Waals surface area contributed by atoms with Crippen LogP contribution in [0.15, 0.2) is 48.5 Å². The van der Waals surface area contributed by atoms with Crippen LogP contribution in [-0.2, 0) is 14.3 Å². The fourth-order valence-electron chi connectivity index (χ4n) is 4.33. The highest BCUT2D eigenvalue weighted by Crippen LogP contribution is 2.44. The Morgan fingerprint density at radius 2 is 1.47 bits per heavy atom. The summed E-state index contributed by atoms with van der Waals surface area (Å²) >= 11 is 0. The van der Waals surface area contributed by atoms with E-state index in [1.54, 1.807) is 13.8 Å². The topological polar surface area (TPSA) is 105 Å². The van der Waals surface area contributed by atoms with Gasteiger partial charge in [0, 0.05) is 12.5 Å². The number of ether oxygens (including phenoxy) is 1. The summed E-state index contributed by atoms with van der Waals surface area (Å²) in [7, 11) is 0. The van der Waals surface area contributed by atoms with Crippen molar-refractivity contribution < 1.29 is 24.2 Å². The predicted molar refractivity (Wildman–Crippen MR) is 130 cm³/mol. The molecule has 0 aliphatic heterocycles. The summed E-state index contributed by atoms with van der Waals surface area (Å²) in [6.07, 6.45) is -0.741. The highest BCUT2D eigenvalue weighted by Gasteiger charge is 2.35. The van der Waals surface area contributed by atoms with Gasteiger partial charge in [-0.2, -0.15) is 0 Å². The minimum absolute atomic E-state index is 0.0723. The van der Waals surface area contributed by atoms with E-state index in [1.807, 2.05) is 57.2 Å². The number of amides is 2. The van der Waals surface area contributed by atoms with Crippen LogP contribution in [0.2, 0.25) is 0 Å². The molecule has 2 amide bonds. The molecule has 0 heterocycles. The number of hydrogen-bond donors (Lipinski definition) is 3. The van der Waals surface area contributed by atoms with Gasteiger partial charge in [0.1, 0.15) is 12.6 Å². The molecule has 34 heavy (non-hydrogen) atoms. The molecule has 0 saturated carbocycles. The summed E-state index contributed by atoms with van der Waals surface area (Å²) in [5, 5.41) is 14.6. The Kier molecular flexibility index (Phi) is 7.34. The van der Waals surface area contributed by atoms with Gasteiger partial charge >= 0.3 is 12.1 Å². The number of hydrogen-bond acceptors (Lipinski definition) is 4. The van der Waals surface area contributed by atoms with E-state index < -0.39 is 28.9 Å². The number of carbonyl (C=O) groups excluding carboxylic acids is 2. The summed E-state index contributed by atoms with van der Waals surface area (Å²) in [5.41, 5.74) is 3.32. The molecule has 0 saturated heterocycles. The van der Waals surface area contributed by atoms with Crippen LogP contribution in [0.25, 0.3) is 11.1 Å². The number of carboxylic acid groups (broad SMARTS) is 1. The molecule has 2 aromatic rings. The Morgan fingerprint density at radius 1 is 0.941 bits per heavy atom. The summed E-state index contributed by atoms with van der Waals surface area (Å²) < 4.78 is 5.61. The van der Waals surface area contributed by atoms with Gasteiger partial charge in [0.25, 0.3) is 0 Å². The lowest BCUT2D eigenvalue weighted by Gasteiger charge is -2.31. The molecule has 7 heteroatoms. The first-order valence-corrected chi connectivity index (χ1v) is 11.5. The number of fused-ring (bicyclic) bond motifs is 3. The fraction of sp³-hybridized carbons (Fsp3) is 0.444. The molecule has 1 aliphatic carbocycles. The predicted octanol–water partition coefficient (Wildman–Crippen LogP) is 4.56. The molecule has 2 aromatic carbocycles. The van der Waals surface area contributed by atoms with Gasteiger partial charge in [0.15, 0.2) is 0 Å². The van der Waals surface area contributed by atoms with Gasteiger partial charge in [-0.1, -0.05) is 83.1 Å². The summed E-state index contributed by atoms with van der Waals surface area (Å²) in [6.45, 7) is 9.43. The number of aliphatic carboxylic acids is 1. The smallest absolute Gasteiger partial charge is 0.407 e. The van der Waals surface area contributed by atoms with E-state index in [0.29, 0.717) is 0 Å². The minimum Gasteiger partial charge on any atom is -0.481 e. The second kappa shape index (κ2) is 9.87. The Labute approximate surface area is 200 Å². The van der Waals surface area contributed by atoms with Crippen LogP contribution in [0.5, 0.6) is 0 Å². The number of carboxylic acids is 1. The normalized spacial score (nSPS) is 14.0. The second-order valence-corrected chi connectivity index (χ2v) is 10.7. The SMILES string of the molecule is CC(C)(CNC(=O)C(NC(=O)OCC1c2ccccc2-c2ccccc21)C(C)(C)C)CC(=O)O. The van der Waals surface area contributed by atoms with E-state index in [0.717, 1.165) is 22.3 Å². The van der Waals surface area contributed by atoms with Crippen LogP contribution in [0, 0.1) is 10.8 Å². The molecule has 0 bridgehead atoms. The van der Waals surface area contributed by atoms with Gasteiger partial charge in [-0.05, 0) is 33.1 Å². The number of benzene rings is 2.